The molecule has 0 fully saturated rings. The normalized spacial score (nSPS) is 16.2. The molecule has 23 heavy (non-hydrogen) atoms. The van der Waals surface area contributed by atoms with Crippen LogP contribution in [0.15, 0.2) is 47.3 Å². The number of H-pyrrole nitrogens is 1. The van der Waals surface area contributed by atoms with Crippen LogP contribution in [0.5, 0.6) is 5.75 Å². The minimum absolute atomic E-state index is 0.398. The Balaban J connectivity index is 1.97. The Kier molecular flexibility index (Phi) is 2.90. The van der Waals surface area contributed by atoms with Gasteiger partial charge in [0.05, 0.1) is 23.9 Å². The van der Waals surface area contributed by atoms with Gasteiger partial charge in [0, 0.05) is 17.0 Å². The molecule has 1 aromatic heterocycles. The summed E-state index contributed by atoms with van der Waals surface area (Å²) in [5.74, 6) is 0.204. The number of esters is 1. The summed E-state index contributed by atoms with van der Waals surface area (Å²) in [6.07, 6.45) is -0.648. The van der Waals surface area contributed by atoms with Crippen LogP contribution in [-0.4, -0.2) is 23.0 Å². The van der Waals surface area contributed by atoms with Crippen LogP contribution in [0.3, 0.4) is 0 Å². The molecule has 0 radical (unpaired) electrons. The van der Waals surface area contributed by atoms with Crippen LogP contribution in [0, 0.1) is 0 Å². The van der Waals surface area contributed by atoms with Crippen LogP contribution < -0.4 is 10.4 Å². The smallest absolute Gasteiger partial charge is 0.345 e. The Bertz CT molecular complexity index is 993. The number of aromatic amines is 1. The summed E-state index contributed by atoms with van der Waals surface area (Å²) in [6.45, 7) is 0. The van der Waals surface area contributed by atoms with E-state index in [1.807, 2.05) is 12.1 Å². The maximum absolute atomic E-state index is 12.0. The van der Waals surface area contributed by atoms with Gasteiger partial charge in [0.2, 0.25) is 0 Å². The number of ether oxygens (including phenoxy) is 2. The Hall–Kier alpha value is -3.15. The van der Waals surface area contributed by atoms with Gasteiger partial charge >= 0.3 is 11.7 Å². The quantitative estimate of drug-likeness (QED) is 0.734. The van der Waals surface area contributed by atoms with E-state index < -0.39 is 17.8 Å². The first-order valence-corrected chi connectivity index (χ1v) is 7.05. The molecule has 0 aliphatic carbocycles. The number of methoxy groups -OCH3 is 1. The van der Waals surface area contributed by atoms with Crippen molar-refractivity contribution in [2.45, 2.75) is 6.10 Å². The fourth-order valence-electron chi connectivity index (χ4n) is 2.85. The molecular formula is C17H12N2O4. The molecule has 3 aromatic rings. The minimum atomic E-state index is -0.648. The van der Waals surface area contributed by atoms with Crippen molar-refractivity contribution < 1.29 is 14.3 Å². The molecule has 6 heteroatoms. The molecule has 4 rings (SSSR count). The van der Waals surface area contributed by atoms with Crippen molar-refractivity contribution in [3.8, 4) is 5.75 Å². The van der Waals surface area contributed by atoms with Gasteiger partial charge in [-0.05, 0) is 18.2 Å². The monoisotopic (exact) mass is 308 g/mol. The van der Waals surface area contributed by atoms with Crippen molar-refractivity contribution in [1.82, 2.24) is 9.97 Å². The molecule has 0 spiro atoms. The number of carbonyl (C=O) groups excluding carboxylic acids is 1. The first-order chi connectivity index (χ1) is 11.2. The molecule has 1 N–H and O–H groups in total. The van der Waals surface area contributed by atoms with E-state index in [1.165, 1.54) is 0 Å². The Morgan fingerprint density at radius 1 is 1.17 bits per heavy atom. The topological polar surface area (TPSA) is 81.3 Å². The zero-order valence-electron chi connectivity index (χ0n) is 12.2. The zero-order chi connectivity index (χ0) is 16.0. The van der Waals surface area contributed by atoms with Crippen LogP contribution >= 0.6 is 0 Å². The maximum Gasteiger partial charge on any atom is 0.345 e. The summed E-state index contributed by atoms with van der Waals surface area (Å²) in [7, 11) is 1.55. The van der Waals surface area contributed by atoms with Crippen molar-refractivity contribution in [3.05, 3.63) is 69.8 Å². The Labute approximate surface area is 130 Å². The van der Waals surface area contributed by atoms with E-state index in [4.69, 9.17) is 9.47 Å². The highest BCUT2D eigenvalue weighted by atomic mass is 16.5. The molecule has 0 amide bonds. The lowest BCUT2D eigenvalue weighted by Crippen LogP contribution is -2.16. The summed E-state index contributed by atoms with van der Waals surface area (Å²) in [6, 6.07) is 12.4. The molecule has 0 saturated heterocycles. The van der Waals surface area contributed by atoms with Gasteiger partial charge in [-0.15, -0.1) is 0 Å². The number of cyclic esters (lactones) is 1. The van der Waals surface area contributed by atoms with Gasteiger partial charge < -0.3 is 14.5 Å². The predicted octanol–water partition coefficient (Wildman–Crippen LogP) is 2.19. The summed E-state index contributed by atoms with van der Waals surface area (Å²) < 4.78 is 10.6. The van der Waals surface area contributed by atoms with Crippen molar-refractivity contribution in [2.24, 2.45) is 0 Å². The van der Waals surface area contributed by atoms with Crippen LogP contribution in [0.1, 0.15) is 27.7 Å². The third-order valence-electron chi connectivity index (χ3n) is 3.91. The van der Waals surface area contributed by atoms with Crippen LogP contribution in [0.25, 0.3) is 10.9 Å². The molecule has 2 aromatic carbocycles. The molecule has 0 bridgehead atoms. The fourth-order valence-corrected chi connectivity index (χ4v) is 2.85. The molecular weight excluding hydrogens is 296 g/mol. The van der Waals surface area contributed by atoms with Gasteiger partial charge in [0.15, 0.2) is 6.10 Å². The third-order valence-corrected chi connectivity index (χ3v) is 3.91. The van der Waals surface area contributed by atoms with Crippen molar-refractivity contribution in [3.63, 3.8) is 0 Å². The molecule has 6 nitrogen and oxygen atoms in total. The van der Waals surface area contributed by atoms with Crippen LogP contribution in [0.4, 0.5) is 0 Å². The van der Waals surface area contributed by atoms with Gasteiger partial charge in [-0.3, -0.25) is 0 Å². The summed E-state index contributed by atoms with van der Waals surface area (Å²) in [5, 5.41) is 0.708. The van der Waals surface area contributed by atoms with E-state index in [1.54, 1.807) is 37.4 Å². The zero-order valence-corrected chi connectivity index (χ0v) is 12.2. The summed E-state index contributed by atoms with van der Waals surface area (Å²) in [5.41, 5.74) is 1.75. The molecule has 1 atom stereocenters. The van der Waals surface area contributed by atoms with E-state index in [2.05, 4.69) is 9.97 Å². The van der Waals surface area contributed by atoms with Gasteiger partial charge in [-0.2, -0.15) is 4.98 Å². The number of aromatic nitrogens is 2. The average molecular weight is 308 g/mol. The third kappa shape index (κ3) is 2.07. The SMILES string of the molecule is COc1ccc2c([C@@H]3OC(=O)c4ccccc43)[nH]c(=O)nc2c1. The van der Waals surface area contributed by atoms with Crippen LogP contribution in [0.2, 0.25) is 0 Å². The Morgan fingerprint density at radius 3 is 2.83 bits per heavy atom. The predicted molar refractivity (Wildman–Crippen MR) is 82.6 cm³/mol. The first-order valence-electron chi connectivity index (χ1n) is 7.05. The highest BCUT2D eigenvalue weighted by Gasteiger charge is 2.33. The first kappa shape index (κ1) is 13.5. The van der Waals surface area contributed by atoms with E-state index in [0.29, 0.717) is 27.9 Å². The van der Waals surface area contributed by atoms with Gasteiger partial charge in [0.1, 0.15) is 5.75 Å². The lowest BCUT2D eigenvalue weighted by atomic mass is 10.0. The molecule has 0 saturated carbocycles. The number of rotatable bonds is 2. The number of carbonyl (C=O) groups is 1. The standard InChI is InChI=1S/C17H12N2O4/c1-22-9-6-7-12-13(8-9)18-17(21)19-14(12)15-10-4-2-3-5-11(10)16(20)23-15/h2-8,15H,1H3,(H,18,19,21)/t15-/m1/s1. The second-order valence-electron chi connectivity index (χ2n) is 5.21. The fraction of sp³-hybridized carbons (Fsp3) is 0.118. The van der Waals surface area contributed by atoms with Crippen molar-refractivity contribution in [2.75, 3.05) is 7.11 Å². The number of hydrogen-bond donors (Lipinski definition) is 1. The van der Waals surface area contributed by atoms with E-state index >= 15 is 0 Å². The number of hydrogen-bond acceptors (Lipinski definition) is 5. The Morgan fingerprint density at radius 2 is 2.00 bits per heavy atom. The van der Waals surface area contributed by atoms with E-state index in [0.717, 1.165) is 5.56 Å². The summed E-state index contributed by atoms with van der Waals surface area (Å²) >= 11 is 0. The molecule has 1 aliphatic heterocycles. The molecule has 114 valence electrons. The van der Waals surface area contributed by atoms with Gasteiger partial charge in [-0.1, -0.05) is 18.2 Å². The summed E-state index contributed by atoms with van der Waals surface area (Å²) in [4.78, 5) is 30.6. The highest BCUT2D eigenvalue weighted by Crippen LogP contribution is 2.37. The number of fused-ring (bicyclic) bond motifs is 2. The number of benzene rings is 2. The lowest BCUT2D eigenvalue weighted by molar-refractivity contribution is 0.0451. The van der Waals surface area contributed by atoms with Gasteiger partial charge in [-0.25, -0.2) is 9.59 Å². The van der Waals surface area contributed by atoms with Gasteiger partial charge in [0.25, 0.3) is 0 Å². The number of nitrogens with zero attached hydrogens (tertiary/aromatic N) is 1. The second kappa shape index (κ2) is 4.95. The maximum atomic E-state index is 12.0. The van der Waals surface area contributed by atoms with E-state index in [9.17, 15) is 9.59 Å². The second-order valence-corrected chi connectivity index (χ2v) is 5.21. The number of nitrogens with one attached hydrogen (secondary N) is 1. The molecule has 0 unspecified atom stereocenters. The largest absolute Gasteiger partial charge is 0.497 e. The average Bonchev–Trinajstić information content (AvgIpc) is 2.90. The molecule has 1 aliphatic rings. The molecule has 2 heterocycles. The highest BCUT2D eigenvalue weighted by molar-refractivity contribution is 5.95. The van der Waals surface area contributed by atoms with Crippen molar-refractivity contribution >= 4 is 16.9 Å². The van der Waals surface area contributed by atoms with Crippen LogP contribution in [-0.2, 0) is 4.74 Å². The van der Waals surface area contributed by atoms with Crippen molar-refractivity contribution in [1.29, 1.82) is 0 Å². The lowest BCUT2D eigenvalue weighted by Gasteiger charge is -2.13. The van der Waals surface area contributed by atoms with E-state index in [-0.39, 0.29) is 0 Å². The minimum Gasteiger partial charge on any atom is -0.497 e.